The van der Waals surface area contributed by atoms with Crippen LogP contribution in [0.5, 0.6) is 23.0 Å². The highest BCUT2D eigenvalue weighted by molar-refractivity contribution is 6.61. The van der Waals surface area contributed by atoms with Gasteiger partial charge in [-0.3, -0.25) is 14.4 Å². The highest BCUT2D eigenvalue weighted by Crippen LogP contribution is 2.54. The monoisotopic (exact) mass is 1430 g/mol. The van der Waals surface area contributed by atoms with Crippen LogP contribution in [0.3, 0.4) is 0 Å². The maximum atomic E-state index is 15.8. The number of hydrogen-bond donors (Lipinski definition) is 0. The second kappa shape index (κ2) is 30.8. The van der Waals surface area contributed by atoms with Crippen LogP contribution in [0.15, 0.2) is 413 Å². The van der Waals surface area contributed by atoms with E-state index in [1.807, 2.05) is 279 Å². The molecule has 0 radical (unpaired) electrons. The minimum Gasteiger partial charge on any atom is -0.457 e. The normalized spacial score (nSPS) is 13.7. The van der Waals surface area contributed by atoms with E-state index in [2.05, 4.69) is 146 Å². The topological polar surface area (TPSA) is 69.7 Å². The Balaban J connectivity index is 0.683. The molecule has 3 aliphatic carbocycles. The van der Waals surface area contributed by atoms with Gasteiger partial charge in [-0.2, -0.15) is 0 Å². The van der Waals surface area contributed by atoms with Crippen LogP contribution >= 0.6 is 0 Å². The van der Waals surface area contributed by atoms with E-state index in [4.69, 9.17) is 9.47 Å². The third-order valence-electron chi connectivity index (χ3n) is 21.0. The molecule has 0 amide bonds. The molecule has 0 saturated heterocycles. The van der Waals surface area contributed by atoms with Crippen LogP contribution < -0.4 is 9.47 Å². The van der Waals surface area contributed by atoms with E-state index in [0.29, 0.717) is 56.4 Å². The molecule has 0 unspecified atom stereocenters. The van der Waals surface area contributed by atoms with Crippen molar-refractivity contribution in [1.82, 2.24) is 0 Å². The number of carbonyl (C=O) groups excluding carboxylic acids is 3. The van der Waals surface area contributed by atoms with Gasteiger partial charge >= 0.3 is 0 Å². The molecule has 0 saturated carbocycles. The van der Waals surface area contributed by atoms with Gasteiger partial charge in [-0.25, -0.2) is 0 Å². The molecule has 0 N–H and O–H groups in total. The van der Waals surface area contributed by atoms with Crippen molar-refractivity contribution < 1.29 is 23.9 Å². The lowest BCUT2D eigenvalue weighted by Gasteiger charge is -2.16. The van der Waals surface area contributed by atoms with Gasteiger partial charge in [-0.1, -0.05) is 376 Å². The number of Topliss-reactive ketones (excluding diaryl/α,β-unsaturated/α-hetero) is 3. The van der Waals surface area contributed by atoms with Crippen LogP contribution in [0.1, 0.15) is 77.9 Å². The molecule has 0 atom stereocenters. The quantitative estimate of drug-likeness (QED) is 0.0711. The van der Waals surface area contributed by atoms with Crippen LogP contribution in [-0.2, 0) is 14.4 Å². The predicted octanol–water partition coefficient (Wildman–Crippen LogP) is 26.1. The smallest absolute Gasteiger partial charge is 0.195 e. The summed E-state index contributed by atoms with van der Waals surface area (Å²) >= 11 is 0. The van der Waals surface area contributed by atoms with Crippen molar-refractivity contribution in [3.05, 3.63) is 490 Å². The minimum absolute atomic E-state index is 0.0355. The average Bonchev–Trinajstić information content (AvgIpc) is 1.60. The lowest BCUT2D eigenvalue weighted by atomic mass is 9.89. The first-order chi connectivity index (χ1) is 55.3. The van der Waals surface area contributed by atoms with E-state index in [1.54, 1.807) is 0 Å². The Labute approximate surface area is 651 Å². The molecule has 0 bridgehead atoms. The van der Waals surface area contributed by atoms with Gasteiger partial charge in [0.1, 0.15) is 23.0 Å². The first-order valence-corrected chi connectivity index (χ1v) is 37.6. The molecule has 5 nitrogen and oxygen atoms in total. The van der Waals surface area contributed by atoms with Gasteiger partial charge in [-0.05, 0) is 149 Å². The standard InChI is InChI=1S/C107H70O5/c108-105-99(79-35-19-6-20-36-79)93(77-31-15-4-16-32-77)95(102(105)86-45-43-72(44-46-86)42-41-71-25-9-1-10-26-71)82-55-63-89(64-56-82)112-92-69-61-85(62-70-92)98-97(101(81-39-23-8-24-40-81)107(110)104(98)88-53-49-76(50-54-88)74-29-13-3-14-30-74)84-59-67-91(68-60-84)111-90-65-57-83(58-66-90)96-94(78-33-17-5-18-34-78)100(80-37-21-7-22-38-80)106(109)103(96)87-51-47-75(48-52-87)73-27-11-2-12-28-73/h1-70H/b42-41-. The molecule has 0 heterocycles. The van der Waals surface area contributed by atoms with Crippen LogP contribution in [0.4, 0.5) is 0 Å². The van der Waals surface area contributed by atoms with Crippen LogP contribution in [-0.4, -0.2) is 17.3 Å². The predicted molar refractivity (Wildman–Crippen MR) is 460 cm³/mol. The molecule has 0 fully saturated rings. The van der Waals surface area contributed by atoms with Gasteiger partial charge in [0.2, 0.25) is 0 Å². The zero-order valence-electron chi connectivity index (χ0n) is 61.0. The lowest BCUT2D eigenvalue weighted by molar-refractivity contribution is -0.109. The van der Waals surface area contributed by atoms with Crippen LogP contribution in [0.2, 0.25) is 0 Å². The largest absolute Gasteiger partial charge is 0.457 e. The summed E-state index contributed by atoms with van der Waals surface area (Å²) in [6.45, 7) is 0. The Bertz CT molecular complexity index is 6280. The van der Waals surface area contributed by atoms with Gasteiger partial charge in [0.05, 0.1) is 0 Å². The van der Waals surface area contributed by atoms with Gasteiger partial charge in [0, 0.05) is 66.9 Å². The number of carbonyl (C=O) groups is 3. The van der Waals surface area contributed by atoms with Crippen molar-refractivity contribution in [2.24, 2.45) is 0 Å². The fourth-order valence-corrected chi connectivity index (χ4v) is 15.7. The third kappa shape index (κ3) is 13.7. The molecule has 0 aromatic heterocycles. The fraction of sp³-hybridized carbons (Fsp3) is 0. The van der Waals surface area contributed by atoms with E-state index >= 15 is 14.4 Å². The van der Waals surface area contributed by atoms with Crippen molar-refractivity contribution >= 4 is 96.4 Å². The molecular formula is C107H70O5. The maximum Gasteiger partial charge on any atom is 0.195 e. The highest BCUT2D eigenvalue weighted by atomic mass is 16.5. The summed E-state index contributed by atoms with van der Waals surface area (Å²) in [6.07, 6.45) is 4.19. The van der Waals surface area contributed by atoms with E-state index in [0.717, 1.165) is 134 Å². The Morgan fingerprint density at radius 2 is 0.277 bits per heavy atom. The highest BCUT2D eigenvalue weighted by Gasteiger charge is 2.39. The number of ketones is 3. The Hall–Kier alpha value is -14.9. The Morgan fingerprint density at radius 1 is 0.134 bits per heavy atom. The zero-order chi connectivity index (χ0) is 75.3. The van der Waals surface area contributed by atoms with Crippen molar-refractivity contribution in [1.29, 1.82) is 0 Å². The molecule has 5 heteroatoms. The summed E-state index contributed by atoms with van der Waals surface area (Å²) in [5.74, 6) is 2.25. The van der Waals surface area contributed by atoms with Crippen molar-refractivity contribution in [3.8, 4) is 45.3 Å². The zero-order valence-corrected chi connectivity index (χ0v) is 61.0. The fourth-order valence-electron chi connectivity index (χ4n) is 15.7. The average molecular weight is 1440 g/mol. The van der Waals surface area contributed by atoms with Crippen molar-refractivity contribution in [3.63, 3.8) is 0 Å². The van der Waals surface area contributed by atoms with E-state index < -0.39 is 0 Å². The molecule has 112 heavy (non-hydrogen) atoms. The van der Waals surface area contributed by atoms with Crippen molar-refractivity contribution in [2.45, 2.75) is 0 Å². The van der Waals surface area contributed by atoms with E-state index in [1.165, 1.54) is 0 Å². The second-order valence-corrected chi connectivity index (χ2v) is 27.9. The van der Waals surface area contributed by atoms with Gasteiger partial charge < -0.3 is 9.47 Å². The summed E-state index contributed by atoms with van der Waals surface area (Å²) in [5, 5.41) is 0. The number of rotatable bonds is 20. The van der Waals surface area contributed by atoms with Gasteiger partial charge in [-0.15, -0.1) is 0 Å². The SMILES string of the molecule is O=C1C(c2ccccc2)=C(c2ccccc2)C(c2ccc(Oc3ccc(C4=C(c5ccc(-c6ccccc6)cc5)C(=O)C(c5ccccc5)=C4c4ccc(Oc5ccc(C6=C(c7ccc(-c8ccccc8)cc7)C(=O)C(c7ccccc7)=C6c6ccccc6)cc5)cc4)cc3)cc2)=C1c1ccc(/C=C\c2ccccc2)cc1. The third-order valence-corrected chi connectivity index (χ3v) is 21.0. The molecular weight excluding hydrogens is 1370 g/mol. The summed E-state index contributed by atoms with van der Waals surface area (Å²) in [4.78, 5) is 46.5. The molecule has 528 valence electrons. The van der Waals surface area contributed by atoms with Gasteiger partial charge in [0.15, 0.2) is 17.3 Å². The minimum atomic E-state index is -0.0894. The van der Waals surface area contributed by atoms with E-state index in [-0.39, 0.29) is 17.3 Å². The van der Waals surface area contributed by atoms with Crippen molar-refractivity contribution in [2.75, 3.05) is 0 Å². The molecule has 0 spiro atoms. The number of benzene rings is 15. The Kier molecular flexibility index (Phi) is 18.9. The number of allylic oxidation sites excluding steroid dienone is 12. The van der Waals surface area contributed by atoms with Gasteiger partial charge in [0.25, 0.3) is 0 Å². The van der Waals surface area contributed by atoms with Crippen LogP contribution in [0, 0.1) is 0 Å². The molecule has 0 aliphatic heterocycles. The number of hydrogen-bond acceptors (Lipinski definition) is 5. The summed E-state index contributed by atoms with van der Waals surface area (Å²) in [6, 6.07) is 138. The summed E-state index contributed by atoms with van der Waals surface area (Å²) < 4.78 is 13.5. The molecule has 3 aliphatic rings. The van der Waals surface area contributed by atoms with E-state index in [9.17, 15) is 0 Å². The first kappa shape index (κ1) is 68.9. The second-order valence-electron chi connectivity index (χ2n) is 27.9. The molecule has 15 aromatic rings. The summed E-state index contributed by atoms with van der Waals surface area (Å²) in [5.41, 5.74) is 25.4. The Morgan fingerprint density at radius 3 is 0.509 bits per heavy atom. The molecule has 18 rings (SSSR count). The first-order valence-electron chi connectivity index (χ1n) is 37.6. The molecule has 15 aromatic carbocycles. The number of ether oxygens (including phenoxy) is 2. The maximum absolute atomic E-state index is 15.8. The summed E-state index contributed by atoms with van der Waals surface area (Å²) in [7, 11) is 0. The van der Waals surface area contributed by atoms with Crippen LogP contribution in [0.25, 0.3) is 101 Å². The lowest BCUT2D eigenvalue weighted by Crippen LogP contribution is -2.02.